The molecule has 19 heavy (non-hydrogen) atoms. The summed E-state index contributed by atoms with van der Waals surface area (Å²) in [6, 6.07) is 11.8. The van der Waals surface area contributed by atoms with Crippen molar-refractivity contribution in [3.8, 4) is 0 Å². The Kier molecular flexibility index (Phi) is 4.64. The van der Waals surface area contributed by atoms with Crippen molar-refractivity contribution in [2.75, 3.05) is 6.26 Å². The van der Waals surface area contributed by atoms with E-state index in [1.54, 1.807) is 30.3 Å². The first-order valence-corrected chi connectivity index (χ1v) is 8.25. The second kappa shape index (κ2) is 5.66. The summed E-state index contributed by atoms with van der Waals surface area (Å²) in [5.74, 6) is 0. The summed E-state index contributed by atoms with van der Waals surface area (Å²) in [5, 5.41) is 1.33. The number of hydrogen-bond donors (Lipinski definition) is 2. The molecule has 0 saturated carbocycles. The van der Waals surface area contributed by atoms with E-state index >= 15 is 0 Å². The maximum atomic E-state index is 11.0. The molecule has 2 aromatic carbocycles. The second-order valence-corrected chi connectivity index (χ2v) is 6.54. The fourth-order valence-electron chi connectivity index (χ4n) is 1.42. The van der Waals surface area contributed by atoms with Gasteiger partial charge in [-0.05, 0) is 11.5 Å². The van der Waals surface area contributed by atoms with Crippen LogP contribution in [0.25, 0.3) is 10.8 Å². The molecule has 2 rings (SSSR count). The third-order valence-electron chi connectivity index (χ3n) is 2.03. The molecule has 0 bridgehead atoms. The van der Waals surface area contributed by atoms with Gasteiger partial charge in [0.05, 0.1) is 6.26 Å². The first-order chi connectivity index (χ1) is 8.59. The van der Waals surface area contributed by atoms with Crippen LogP contribution in [0, 0.1) is 0 Å². The predicted molar refractivity (Wildman–Crippen MR) is 71.2 cm³/mol. The molecule has 0 aliphatic heterocycles. The van der Waals surface area contributed by atoms with E-state index in [0.29, 0.717) is 11.6 Å². The smallest absolute Gasteiger partial charge is 0.286 e. The SMILES string of the molecule is CS(=O)(=O)O.O=S(=O)(O)c1cccc2ccccc12. The molecule has 2 aromatic rings. The van der Waals surface area contributed by atoms with Gasteiger partial charge in [0.2, 0.25) is 0 Å². The summed E-state index contributed by atoms with van der Waals surface area (Å²) >= 11 is 0. The Morgan fingerprint density at radius 2 is 1.32 bits per heavy atom. The molecule has 0 aliphatic carbocycles. The van der Waals surface area contributed by atoms with Gasteiger partial charge < -0.3 is 0 Å². The fraction of sp³-hybridized carbons (Fsp3) is 0.0909. The normalized spacial score (nSPS) is 11.7. The number of fused-ring (bicyclic) bond motifs is 1. The van der Waals surface area contributed by atoms with Crippen molar-refractivity contribution in [3.05, 3.63) is 42.5 Å². The Morgan fingerprint density at radius 3 is 1.84 bits per heavy atom. The highest BCUT2D eigenvalue weighted by atomic mass is 32.2. The van der Waals surface area contributed by atoms with E-state index in [4.69, 9.17) is 9.11 Å². The number of rotatable bonds is 1. The van der Waals surface area contributed by atoms with Gasteiger partial charge in [0, 0.05) is 5.39 Å². The van der Waals surface area contributed by atoms with Crippen LogP contribution in [0.1, 0.15) is 0 Å². The zero-order valence-corrected chi connectivity index (χ0v) is 11.5. The first-order valence-electron chi connectivity index (χ1n) is 4.97. The number of hydrogen-bond acceptors (Lipinski definition) is 4. The molecule has 8 heteroatoms. The fourth-order valence-corrected chi connectivity index (χ4v) is 2.13. The van der Waals surface area contributed by atoms with Gasteiger partial charge in [-0.25, -0.2) is 0 Å². The minimum absolute atomic E-state index is 0.0457. The van der Waals surface area contributed by atoms with Crippen molar-refractivity contribution < 1.29 is 25.9 Å². The van der Waals surface area contributed by atoms with E-state index in [1.165, 1.54) is 6.07 Å². The largest absolute Gasteiger partial charge is 0.295 e. The maximum absolute atomic E-state index is 11.0. The second-order valence-electron chi connectivity index (χ2n) is 3.69. The molecule has 0 saturated heterocycles. The highest BCUT2D eigenvalue weighted by Crippen LogP contribution is 2.21. The van der Waals surface area contributed by atoms with Crippen LogP contribution in [0.3, 0.4) is 0 Å². The van der Waals surface area contributed by atoms with Crippen LogP contribution in [0.2, 0.25) is 0 Å². The third kappa shape index (κ3) is 5.35. The summed E-state index contributed by atoms with van der Waals surface area (Å²) in [6.45, 7) is 0. The lowest BCUT2D eigenvalue weighted by Gasteiger charge is -2.02. The maximum Gasteiger partial charge on any atom is 0.295 e. The molecule has 0 fully saturated rings. The van der Waals surface area contributed by atoms with Gasteiger partial charge in [0.25, 0.3) is 20.2 Å². The Morgan fingerprint density at radius 1 is 0.842 bits per heavy atom. The van der Waals surface area contributed by atoms with Crippen molar-refractivity contribution in [2.45, 2.75) is 4.90 Å². The van der Waals surface area contributed by atoms with Crippen LogP contribution in [0.15, 0.2) is 47.4 Å². The Labute approximate surface area is 111 Å². The Hall–Kier alpha value is -1.48. The van der Waals surface area contributed by atoms with Crippen LogP contribution in [0.5, 0.6) is 0 Å². The lowest BCUT2D eigenvalue weighted by Crippen LogP contribution is -1.98. The lowest BCUT2D eigenvalue weighted by molar-refractivity contribution is 0.483. The van der Waals surface area contributed by atoms with Crippen LogP contribution in [-0.2, 0) is 20.2 Å². The van der Waals surface area contributed by atoms with E-state index in [-0.39, 0.29) is 4.90 Å². The number of benzene rings is 2. The molecule has 0 spiro atoms. The van der Waals surface area contributed by atoms with Crippen molar-refractivity contribution in [1.29, 1.82) is 0 Å². The van der Waals surface area contributed by atoms with Crippen LogP contribution >= 0.6 is 0 Å². The molecule has 0 radical (unpaired) electrons. The van der Waals surface area contributed by atoms with Gasteiger partial charge in [0.1, 0.15) is 4.90 Å². The molecule has 6 nitrogen and oxygen atoms in total. The van der Waals surface area contributed by atoms with Crippen molar-refractivity contribution in [3.63, 3.8) is 0 Å². The van der Waals surface area contributed by atoms with Crippen molar-refractivity contribution in [1.82, 2.24) is 0 Å². The summed E-state index contributed by atoms with van der Waals surface area (Å²) in [4.78, 5) is -0.0457. The summed E-state index contributed by atoms with van der Waals surface area (Å²) in [6.07, 6.45) is 0.715. The molecule has 0 amide bonds. The Bertz CT molecular complexity index is 764. The molecule has 0 atom stereocenters. The van der Waals surface area contributed by atoms with Gasteiger partial charge in [-0.15, -0.1) is 0 Å². The quantitative estimate of drug-likeness (QED) is 0.774. The topological polar surface area (TPSA) is 109 Å². The van der Waals surface area contributed by atoms with Crippen molar-refractivity contribution >= 4 is 31.0 Å². The monoisotopic (exact) mass is 304 g/mol. The van der Waals surface area contributed by atoms with Gasteiger partial charge >= 0.3 is 0 Å². The van der Waals surface area contributed by atoms with Crippen LogP contribution in [-0.4, -0.2) is 32.2 Å². The van der Waals surface area contributed by atoms with Gasteiger partial charge in [-0.2, -0.15) is 16.8 Å². The zero-order chi connectivity index (χ0) is 14.7. The lowest BCUT2D eigenvalue weighted by atomic mass is 10.1. The Balaban J connectivity index is 0.000000312. The minimum atomic E-state index is -4.13. The van der Waals surface area contributed by atoms with Gasteiger partial charge in [-0.1, -0.05) is 36.4 Å². The molecule has 0 unspecified atom stereocenters. The molecule has 0 heterocycles. The molecule has 0 aliphatic rings. The highest BCUT2D eigenvalue weighted by molar-refractivity contribution is 7.86. The third-order valence-corrected chi connectivity index (χ3v) is 2.94. The predicted octanol–water partition coefficient (Wildman–Crippen LogP) is 1.59. The minimum Gasteiger partial charge on any atom is -0.286 e. The molecule has 2 N–H and O–H groups in total. The van der Waals surface area contributed by atoms with E-state index in [9.17, 15) is 16.8 Å². The zero-order valence-electron chi connectivity index (χ0n) is 9.89. The van der Waals surface area contributed by atoms with Crippen LogP contribution < -0.4 is 0 Å². The molecular formula is C11H12O6S2. The molecular weight excluding hydrogens is 292 g/mol. The average Bonchev–Trinajstić information content (AvgIpc) is 2.25. The summed E-state index contributed by atoms with van der Waals surface area (Å²) < 4.78 is 56.8. The highest BCUT2D eigenvalue weighted by Gasteiger charge is 2.12. The standard InChI is InChI=1S/C10H8O3S.CH4O3S/c11-14(12,13)10-7-3-5-8-4-1-2-6-9(8)10;1-5(2,3)4/h1-7H,(H,11,12,13);1H3,(H,2,3,4). The van der Waals surface area contributed by atoms with E-state index < -0.39 is 20.2 Å². The summed E-state index contributed by atoms with van der Waals surface area (Å²) in [5.41, 5.74) is 0. The van der Waals surface area contributed by atoms with Crippen molar-refractivity contribution in [2.24, 2.45) is 0 Å². The summed E-state index contributed by atoms with van der Waals surface area (Å²) in [7, 11) is -7.80. The van der Waals surface area contributed by atoms with E-state index in [0.717, 1.165) is 5.39 Å². The van der Waals surface area contributed by atoms with E-state index in [2.05, 4.69) is 0 Å². The first kappa shape index (κ1) is 15.6. The molecule has 104 valence electrons. The average molecular weight is 304 g/mol. The van der Waals surface area contributed by atoms with E-state index in [1.807, 2.05) is 6.07 Å². The van der Waals surface area contributed by atoms with Gasteiger partial charge in [0.15, 0.2) is 0 Å². The van der Waals surface area contributed by atoms with Gasteiger partial charge in [-0.3, -0.25) is 9.11 Å². The molecule has 0 aromatic heterocycles. The van der Waals surface area contributed by atoms with Crippen LogP contribution in [0.4, 0.5) is 0 Å².